The van der Waals surface area contributed by atoms with Crippen LogP contribution in [0.3, 0.4) is 0 Å². The minimum atomic E-state index is -0.952. The number of nitrogens with one attached hydrogen (secondary N) is 1. The Bertz CT molecular complexity index is 662. The lowest BCUT2D eigenvalue weighted by molar-refractivity contribution is -0.154. The number of nitrogens with zero attached hydrogens (tertiary/aromatic N) is 3. The van der Waals surface area contributed by atoms with Crippen molar-refractivity contribution in [2.24, 2.45) is 5.92 Å². The Balaban J connectivity index is 1.40. The molecule has 8 heteroatoms. The maximum atomic E-state index is 13.1. The van der Waals surface area contributed by atoms with Gasteiger partial charge in [-0.3, -0.25) is 4.79 Å². The highest BCUT2D eigenvalue weighted by atomic mass is 16.5. The zero-order valence-corrected chi connectivity index (χ0v) is 14.9. The molecular weight excluding hydrogens is 336 g/mol. The second-order valence-electron chi connectivity index (χ2n) is 7.51. The molecule has 1 atom stereocenters. The van der Waals surface area contributed by atoms with Crippen LogP contribution in [0.25, 0.3) is 0 Å². The van der Waals surface area contributed by atoms with E-state index in [0.717, 1.165) is 63.4 Å². The lowest BCUT2D eigenvalue weighted by atomic mass is 9.91. The molecule has 8 nitrogen and oxygen atoms in total. The minimum Gasteiger partial charge on any atom is -0.480 e. The van der Waals surface area contributed by atoms with Crippen molar-refractivity contribution in [3.63, 3.8) is 0 Å². The van der Waals surface area contributed by atoms with E-state index in [0.29, 0.717) is 12.6 Å². The summed E-state index contributed by atoms with van der Waals surface area (Å²) < 4.78 is 5.43. The molecule has 0 radical (unpaired) electrons. The van der Waals surface area contributed by atoms with Gasteiger partial charge in [0.05, 0.1) is 24.3 Å². The molecule has 0 aliphatic carbocycles. The standard InChI is InChI=1S/C18H26N4O4/c23-17(12-1-5-21(6-2-12)13-3-7-26-8-4-13)22-10-15-14(19-11-20-15)9-16(22)18(24)25/h11-13,16H,1-10H2,(H,19,20)(H,24,25)/t16-/m1/s1. The van der Waals surface area contributed by atoms with E-state index in [1.54, 1.807) is 6.33 Å². The molecule has 2 saturated heterocycles. The van der Waals surface area contributed by atoms with E-state index in [1.165, 1.54) is 4.90 Å². The number of aliphatic carboxylic acids is 1. The Labute approximate surface area is 152 Å². The number of likely N-dealkylation sites (tertiary alicyclic amines) is 1. The Kier molecular flexibility index (Phi) is 4.95. The number of carboxylic acids is 1. The van der Waals surface area contributed by atoms with Gasteiger partial charge in [0.1, 0.15) is 6.04 Å². The lowest BCUT2D eigenvalue weighted by Crippen LogP contribution is -2.53. The number of carbonyl (C=O) groups excluding carboxylic acids is 1. The summed E-state index contributed by atoms with van der Waals surface area (Å²) in [6.45, 7) is 3.77. The van der Waals surface area contributed by atoms with E-state index in [9.17, 15) is 14.7 Å². The summed E-state index contributed by atoms with van der Waals surface area (Å²) >= 11 is 0. The van der Waals surface area contributed by atoms with Gasteiger partial charge in [0, 0.05) is 31.6 Å². The lowest BCUT2D eigenvalue weighted by Gasteiger charge is -2.41. The second-order valence-corrected chi connectivity index (χ2v) is 7.51. The van der Waals surface area contributed by atoms with Crippen molar-refractivity contribution in [1.29, 1.82) is 0 Å². The number of carboxylic acid groups (broad SMARTS) is 1. The quantitative estimate of drug-likeness (QED) is 0.819. The van der Waals surface area contributed by atoms with Crippen LogP contribution in [-0.2, 0) is 27.3 Å². The average Bonchev–Trinajstić information content (AvgIpc) is 3.15. The van der Waals surface area contributed by atoms with Crippen molar-refractivity contribution in [2.75, 3.05) is 26.3 Å². The van der Waals surface area contributed by atoms with Crippen molar-refractivity contribution >= 4 is 11.9 Å². The zero-order chi connectivity index (χ0) is 18.1. The maximum Gasteiger partial charge on any atom is 0.326 e. The summed E-state index contributed by atoms with van der Waals surface area (Å²) in [5, 5.41) is 9.58. The third-order valence-electron chi connectivity index (χ3n) is 6.05. The Morgan fingerprint density at radius 1 is 1.19 bits per heavy atom. The number of piperidine rings is 1. The van der Waals surface area contributed by atoms with Crippen LogP contribution in [0.2, 0.25) is 0 Å². The smallest absolute Gasteiger partial charge is 0.326 e. The second kappa shape index (κ2) is 7.36. The number of carbonyl (C=O) groups is 2. The number of ether oxygens (including phenoxy) is 1. The van der Waals surface area contributed by atoms with Gasteiger partial charge in [-0.05, 0) is 38.8 Å². The number of aromatic amines is 1. The van der Waals surface area contributed by atoms with Gasteiger partial charge in [-0.15, -0.1) is 0 Å². The molecule has 2 N–H and O–H groups in total. The van der Waals surface area contributed by atoms with E-state index in [4.69, 9.17) is 4.74 Å². The highest BCUT2D eigenvalue weighted by Crippen LogP contribution is 2.28. The number of H-pyrrole nitrogens is 1. The highest BCUT2D eigenvalue weighted by molar-refractivity contribution is 5.85. The third kappa shape index (κ3) is 3.35. The molecular formula is C18H26N4O4. The fourth-order valence-electron chi connectivity index (χ4n) is 4.48. The highest BCUT2D eigenvalue weighted by Gasteiger charge is 2.39. The molecule has 0 bridgehead atoms. The van der Waals surface area contributed by atoms with Crippen molar-refractivity contribution < 1.29 is 19.4 Å². The van der Waals surface area contributed by atoms with Crippen LogP contribution < -0.4 is 0 Å². The number of fused-ring (bicyclic) bond motifs is 1. The molecule has 0 unspecified atom stereocenters. The summed E-state index contributed by atoms with van der Waals surface area (Å²) in [6.07, 6.45) is 5.58. The molecule has 1 amide bonds. The molecule has 4 rings (SSSR count). The SMILES string of the molecule is O=C(O)[C@H]1Cc2nc[nH]c2CN1C(=O)C1CCN(C2CCOCC2)CC1. The number of aromatic nitrogens is 2. The third-order valence-corrected chi connectivity index (χ3v) is 6.05. The van der Waals surface area contributed by atoms with Gasteiger partial charge >= 0.3 is 5.97 Å². The van der Waals surface area contributed by atoms with Crippen molar-refractivity contribution in [2.45, 2.75) is 50.7 Å². The summed E-state index contributed by atoms with van der Waals surface area (Å²) in [4.78, 5) is 36.0. The number of amides is 1. The van der Waals surface area contributed by atoms with Gasteiger partial charge in [0.25, 0.3) is 0 Å². The van der Waals surface area contributed by atoms with E-state index >= 15 is 0 Å². The molecule has 4 heterocycles. The van der Waals surface area contributed by atoms with Gasteiger partial charge in [-0.1, -0.05) is 0 Å². The summed E-state index contributed by atoms with van der Waals surface area (Å²) in [7, 11) is 0. The number of hydrogen-bond acceptors (Lipinski definition) is 5. The van der Waals surface area contributed by atoms with Crippen LogP contribution in [0, 0.1) is 5.92 Å². The van der Waals surface area contributed by atoms with Gasteiger partial charge in [0.15, 0.2) is 0 Å². The predicted molar refractivity (Wildman–Crippen MR) is 92.4 cm³/mol. The number of rotatable bonds is 3. The van der Waals surface area contributed by atoms with Crippen LogP contribution in [0.1, 0.15) is 37.1 Å². The summed E-state index contributed by atoms with van der Waals surface area (Å²) in [5.41, 5.74) is 1.62. The normalized spacial score (nSPS) is 25.8. The van der Waals surface area contributed by atoms with Gasteiger partial charge < -0.3 is 24.6 Å². The largest absolute Gasteiger partial charge is 0.480 e. The van der Waals surface area contributed by atoms with Crippen molar-refractivity contribution in [3.8, 4) is 0 Å². The van der Waals surface area contributed by atoms with Crippen LogP contribution >= 0.6 is 0 Å². The molecule has 3 aliphatic rings. The number of hydrogen-bond donors (Lipinski definition) is 2. The first-order chi connectivity index (χ1) is 12.6. The van der Waals surface area contributed by atoms with E-state index in [-0.39, 0.29) is 18.2 Å². The first-order valence-electron chi connectivity index (χ1n) is 9.49. The predicted octanol–water partition coefficient (Wildman–Crippen LogP) is 0.639. The van der Waals surface area contributed by atoms with Crippen LogP contribution in [0.5, 0.6) is 0 Å². The topological polar surface area (TPSA) is 98.8 Å². The molecule has 2 fully saturated rings. The zero-order valence-electron chi connectivity index (χ0n) is 14.9. The Hall–Kier alpha value is -1.93. The van der Waals surface area contributed by atoms with E-state index in [2.05, 4.69) is 14.9 Å². The molecule has 1 aromatic rings. The van der Waals surface area contributed by atoms with E-state index < -0.39 is 12.0 Å². The first-order valence-corrected chi connectivity index (χ1v) is 9.49. The monoisotopic (exact) mass is 362 g/mol. The minimum absolute atomic E-state index is 0.0238. The molecule has 26 heavy (non-hydrogen) atoms. The van der Waals surface area contributed by atoms with Crippen molar-refractivity contribution in [3.05, 3.63) is 17.7 Å². The fraction of sp³-hybridized carbons (Fsp3) is 0.722. The molecule has 1 aromatic heterocycles. The molecule has 3 aliphatic heterocycles. The van der Waals surface area contributed by atoms with Gasteiger partial charge in [-0.2, -0.15) is 0 Å². The molecule has 142 valence electrons. The Morgan fingerprint density at radius 3 is 2.62 bits per heavy atom. The Morgan fingerprint density at radius 2 is 1.92 bits per heavy atom. The number of imidazole rings is 1. The molecule has 0 saturated carbocycles. The van der Waals surface area contributed by atoms with Gasteiger partial charge in [0.2, 0.25) is 5.91 Å². The van der Waals surface area contributed by atoms with Crippen LogP contribution in [-0.4, -0.2) is 75.1 Å². The molecule has 0 spiro atoms. The average molecular weight is 362 g/mol. The van der Waals surface area contributed by atoms with Crippen molar-refractivity contribution in [1.82, 2.24) is 19.8 Å². The van der Waals surface area contributed by atoms with Gasteiger partial charge in [-0.25, -0.2) is 9.78 Å². The summed E-state index contributed by atoms with van der Waals surface area (Å²) in [5.74, 6) is -1.06. The fourth-order valence-corrected chi connectivity index (χ4v) is 4.48. The summed E-state index contributed by atoms with van der Waals surface area (Å²) in [6, 6.07) is -0.249. The van der Waals surface area contributed by atoms with E-state index in [1.807, 2.05) is 0 Å². The maximum absolute atomic E-state index is 13.1. The first kappa shape index (κ1) is 17.5. The molecule has 0 aromatic carbocycles. The van der Waals surface area contributed by atoms with Crippen LogP contribution in [0.4, 0.5) is 0 Å². The van der Waals surface area contributed by atoms with Crippen LogP contribution in [0.15, 0.2) is 6.33 Å².